The van der Waals surface area contributed by atoms with E-state index in [0.717, 1.165) is 17.1 Å². The van der Waals surface area contributed by atoms with Crippen LogP contribution < -0.4 is 10.6 Å². The third kappa shape index (κ3) is 4.56. The van der Waals surface area contributed by atoms with E-state index in [1.165, 1.54) is 44.9 Å². The van der Waals surface area contributed by atoms with Gasteiger partial charge in [0.25, 0.3) is 5.91 Å². The van der Waals surface area contributed by atoms with Gasteiger partial charge in [0.2, 0.25) is 0 Å². The molecule has 1 aliphatic carbocycles. The molecule has 0 aliphatic heterocycles. The Labute approximate surface area is 127 Å². The summed E-state index contributed by atoms with van der Waals surface area (Å²) in [6, 6.07) is 0.618. The first kappa shape index (κ1) is 16.0. The monoisotopic (exact) mass is 293 g/mol. The average molecular weight is 293 g/mol. The van der Waals surface area contributed by atoms with E-state index in [2.05, 4.69) is 15.7 Å². The first-order valence-electron chi connectivity index (χ1n) is 8.21. The van der Waals surface area contributed by atoms with Crippen LogP contribution in [-0.2, 0) is 11.8 Å². The fraction of sp³-hybridized carbons (Fsp3) is 0.750. The molecule has 0 spiro atoms. The molecule has 1 aromatic rings. The van der Waals surface area contributed by atoms with Gasteiger partial charge in [0.05, 0.1) is 23.1 Å². The van der Waals surface area contributed by atoms with Crippen LogP contribution >= 0.6 is 0 Å². The van der Waals surface area contributed by atoms with Crippen molar-refractivity contribution in [3.8, 4) is 0 Å². The van der Waals surface area contributed by atoms with Crippen molar-refractivity contribution >= 4 is 11.6 Å². The summed E-state index contributed by atoms with van der Waals surface area (Å²) < 4.78 is 1.81. The number of carbonyl (C=O) groups excluding carboxylic acids is 1. The topological polar surface area (TPSA) is 63.5 Å². The van der Waals surface area contributed by atoms with Crippen LogP contribution in [0.1, 0.15) is 56.3 Å². The predicted molar refractivity (Wildman–Crippen MR) is 84.2 cm³/mol. The van der Waals surface area contributed by atoms with Crippen molar-refractivity contribution in [3.05, 3.63) is 11.4 Å². The summed E-state index contributed by atoms with van der Waals surface area (Å²) in [7, 11) is 1.90. The third-order valence-corrected chi connectivity index (χ3v) is 4.56. The van der Waals surface area contributed by atoms with Gasteiger partial charge >= 0.3 is 0 Å². The molecule has 0 atom stereocenters. The molecule has 1 aliphatic rings. The van der Waals surface area contributed by atoms with Gasteiger partial charge < -0.3 is 10.6 Å². The van der Waals surface area contributed by atoms with E-state index in [9.17, 15) is 4.79 Å². The number of nitrogens with two attached hydrogens (primary N) is 1. The lowest BCUT2D eigenvalue weighted by molar-refractivity contribution is -0.680. The summed E-state index contributed by atoms with van der Waals surface area (Å²) in [5.74, 6) is 0.0799. The molecule has 1 saturated carbocycles. The Morgan fingerprint density at radius 3 is 2.43 bits per heavy atom. The first-order chi connectivity index (χ1) is 10.1. The number of nitrogens with one attached hydrogen (secondary N) is 1. The van der Waals surface area contributed by atoms with Crippen LogP contribution in [0.25, 0.3) is 0 Å². The van der Waals surface area contributed by atoms with Crippen molar-refractivity contribution in [2.45, 2.75) is 64.8 Å². The van der Waals surface area contributed by atoms with E-state index in [4.69, 9.17) is 0 Å². The highest BCUT2D eigenvalue weighted by Gasteiger charge is 2.17. The van der Waals surface area contributed by atoms with Gasteiger partial charge in [0.15, 0.2) is 6.54 Å². The molecule has 1 fully saturated rings. The highest BCUT2D eigenvalue weighted by atomic mass is 16.1. The Morgan fingerprint density at radius 1 is 1.24 bits per heavy atom. The normalized spacial score (nSPS) is 17.3. The van der Waals surface area contributed by atoms with Crippen LogP contribution in [0.4, 0.5) is 5.69 Å². The Kier molecular flexibility index (Phi) is 5.79. The molecule has 0 bridgehead atoms. The largest absolute Gasteiger partial charge is 0.336 e. The molecule has 0 aromatic carbocycles. The van der Waals surface area contributed by atoms with Gasteiger partial charge in [-0.1, -0.05) is 19.3 Å². The number of hydrogen-bond acceptors (Lipinski definition) is 2. The first-order valence-corrected chi connectivity index (χ1v) is 8.21. The Hall–Kier alpha value is -1.36. The van der Waals surface area contributed by atoms with Crippen LogP contribution in [0, 0.1) is 13.8 Å². The summed E-state index contributed by atoms with van der Waals surface area (Å²) >= 11 is 0. The third-order valence-electron chi connectivity index (χ3n) is 4.56. The van der Waals surface area contributed by atoms with Gasteiger partial charge in [-0.25, -0.2) is 0 Å². The smallest absolute Gasteiger partial charge is 0.279 e. The maximum absolute atomic E-state index is 12.1. The highest BCUT2D eigenvalue weighted by molar-refractivity contribution is 5.92. The minimum Gasteiger partial charge on any atom is -0.336 e. The molecule has 1 amide bonds. The number of quaternary nitrogens is 1. The van der Waals surface area contributed by atoms with Gasteiger partial charge in [0, 0.05) is 7.05 Å². The van der Waals surface area contributed by atoms with Crippen LogP contribution in [0.3, 0.4) is 0 Å². The Bertz CT molecular complexity index is 473. The molecule has 0 saturated heterocycles. The lowest BCUT2D eigenvalue weighted by Gasteiger charge is -2.18. The van der Waals surface area contributed by atoms with Crippen LogP contribution in [0.5, 0.6) is 0 Å². The number of aromatic nitrogens is 2. The molecular weight excluding hydrogens is 264 g/mol. The van der Waals surface area contributed by atoms with Gasteiger partial charge in [-0.05, 0) is 39.5 Å². The summed E-state index contributed by atoms with van der Waals surface area (Å²) in [6.45, 7) is 4.42. The summed E-state index contributed by atoms with van der Waals surface area (Å²) in [5.41, 5.74) is 2.76. The van der Waals surface area contributed by atoms with Crippen molar-refractivity contribution in [2.24, 2.45) is 7.05 Å². The number of carbonyl (C=O) groups is 1. The van der Waals surface area contributed by atoms with Crippen LogP contribution in [-0.4, -0.2) is 28.3 Å². The molecule has 1 aromatic heterocycles. The molecule has 0 unspecified atom stereocenters. The zero-order valence-corrected chi connectivity index (χ0v) is 13.6. The second kappa shape index (κ2) is 7.59. The second-order valence-electron chi connectivity index (χ2n) is 6.26. The van der Waals surface area contributed by atoms with E-state index in [-0.39, 0.29) is 5.91 Å². The highest BCUT2D eigenvalue weighted by Crippen LogP contribution is 2.18. The average Bonchev–Trinajstić information content (AvgIpc) is 2.64. The van der Waals surface area contributed by atoms with Gasteiger partial charge in [-0.15, -0.1) is 0 Å². The lowest BCUT2D eigenvalue weighted by atomic mass is 9.97. The van der Waals surface area contributed by atoms with Gasteiger partial charge in [-0.2, -0.15) is 5.10 Å². The van der Waals surface area contributed by atoms with Gasteiger partial charge in [0.1, 0.15) is 0 Å². The molecule has 3 N–H and O–H groups in total. The van der Waals surface area contributed by atoms with Crippen molar-refractivity contribution in [3.63, 3.8) is 0 Å². The minimum absolute atomic E-state index is 0.0799. The number of amides is 1. The maximum Gasteiger partial charge on any atom is 0.279 e. The fourth-order valence-corrected chi connectivity index (χ4v) is 3.14. The molecule has 5 nitrogen and oxygen atoms in total. The molecule has 0 radical (unpaired) electrons. The van der Waals surface area contributed by atoms with Gasteiger partial charge in [-0.3, -0.25) is 9.48 Å². The van der Waals surface area contributed by atoms with E-state index in [1.54, 1.807) is 0 Å². The lowest BCUT2D eigenvalue weighted by Crippen LogP contribution is -2.91. The molecule has 2 rings (SSSR count). The second-order valence-corrected chi connectivity index (χ2v) is 6.26. The van der Waals surface area contributed by atoms with Crippen molar-refractivity contribution in [2.75, 3.05) is 11.9 Å². The van der Waals surface area contributed by atoms with Crippen molar-refractivity contribution < 1.29 is 10.1 Å². The maximum atomic E-state index is 12.1. The predicted octanol–water partition coefficient (Wildman–Crippen LogP) is 1.65. The molecular formula is C16H29N4O+. The quantitative estimate of drug-likeness (QED) is 0.886. The number of aryl methyl sites for hydroxylation is 2. The molecule has 21 heavy (non-hydrogen) atoms. The van der Waals surface area contributed by atoms with Crippen molar-refractivity contribution in [1.29, 1.82) is 0 Å². The van der Waals surface area contributed by atoms with E-state index in [1.807, 2.05) is 25.6 Å². The van der Waals surface area contributed by atoms with Crippen LogP contribution in [0.2, 0.25) is 0 Å². The summed E-state index contributed by atoms with van der Waals surface area (Å²) in [5, 5.41) is 9.57. The summed E-state index contributed by atoms with van der Waals surface area (Å²) in [4.78, 5) is 12.1. The molecule has 1 heterocycles. The standard InChI is InChI=1S/C16H28N4O/c1-12-16(13(2)20(3)19-12)18-15(21)11-17-14-9-7-5-4-6-8-10-14/h14,17H,4-11H2,1-3H3,(H,18,21)/p+1. The van der Waals surface area contributed by atoms with Crippen molar-refractivity contribution in [1.82, 2.24) is 9.78 Å². The number of nitrogens with zero attached hydrogens (tertiary/aromatic N) is 2. The number of rotatable bonds is 4. The van der Waals surface area contributed by atoms with E-state index >= 15 is 0 Å². The Morgan fingerprint density at radius 2 is 1.86 bits per heavy atom. The zero-order valence-electron chi connectivity index (χ0n) is 13.6. The molecule has 5 heteroatoms. The Balaban J connectivity index is 1.81. The van der Waals surface area contributed by atoms with Crippen LogP contribution in [0.15, 0.2) is 0 Å². The van der Waals surface area contributed by atoms with E-state index < -0.39 is 0 Å². The SMILES string of the molecule is Cc1nn(C)c(C)c1NC(=O)C[NH2+]C1CCCCCCC1. The fourth-order valence-electron chi connectivity index (χ4n) is 3.14. The number of hydrogen-bond donors (Lipinski definition) is 2. The van der Waals surface area contributed by atoms with E-state index in [0.29, 0.717) is 12.6 Å². The molecule has 118 valence electrons. The zero-order chi connectivity index (χ0) is 15.2. The summed E-state index contributed by atoms with van der Waals surface area (Å²) in [6.07, 6.45) is 9.20. The minimum atomic E-state index is 0.0799. The number of anilines is 1.